The molecule has 2 atom stereocenters. The minimum absolute atomic E-state index is 0.0641. The van der Waals surface area contributed by atoms with Gasteiger partial charge in [0.05, 0.1) is 6.04 Å². The van der Waals surface area contributed by atoms with Crippen molar-refractivity contribution in [1.29, 1.82) is 0 Å². The predicted molar refractivity (Wildman–Crippen MR) is 82.4 cm³/mol. The number of likely N-dealkylation sites (N-methyl/N-ethyl adjacent to an activating group) is 1. The first-order chi connectivity index (χ1) is 9.61. The molecule has 0 aliphatic carbocycles. The molecule has 20 heavy (non-hydrogen) atoms. The Kier molecular flexibility index (Phi) is 4.99. The summed E-state index contributed by atoms with van der Waals surface area (Å²) in [5, 5.41) is 0. The normalized spacial score (nSPS) is 14.4. The zero-order valence-corrected chi connectivity index (χ0v) is 12.5. The maximum atomic E-state index is 6.31. The molecule has 2 aromatic rings. The molecule has 0 radical (unpaired) electrons. The Morgan fingerprint density at radius 3 is 2.40 bits per heavy atom. The smallest absolute Gasteiger partial charge is 0.122 e. The van der Waals surface area contributed by atoms with Crippen LogP contribution in [0.1, 0.15) is 36.5 Å². The maximum Gasteiger partial charge on any atom is 0.122 e. The average Bonchev–Trinajstić information content (AvgIpc) is 2.86. The van der Waals surface area contributed by atoms with Crippen molar-refractivity contribution in [2.24, 2.45) is 5.73 Å². The molecular formula is C17H24N2O. The van der Waals surface area contributed by atoms with Crippen molar-refractivity contribution < 1.29 is 4.42 Å². The van der Waals surface area contributed by atoms with Crippen LogP contribution < -0.4 is 5.73 Å². The van der Waals surface area contributed by atoms with Crippen LogP contribution in [0.15, 0.2) is 46.9 Å². The van der Waals surface area contributed by atoms with Crippen LogP contribution in [0.4, 0.5) is 0 Å². The zero-order chi connectivity index (χ0) is 14.5. The van der Waals surface area contributed by atoms with E-state index in [9.17, 15) is 0 Å². The molecule has 0 amide bonds. The van der Waals surface area contributed by atoms with Crippen molar-refractivity contribution in [3.8, 4) is 0 Å². The fourth-order valence-electron chi connectivity index (χ4n) is 2.56. The molecule has 0 bridgehead atoms. The van der Waals surface area contributed by atoms with Gasteiger partial charge in [0.2, 0.25) is 0 Å². The molecule has 2 rings (SSSR count). The van der Waals surface area contributed by atoms with Gasteiger partial charge in [-0.1, -0.05) is 37.3 Å². The lowest BCUT2D eigenvalue weighted by Gasteiger charge is -2.30. The lowest BCUT2D eigenvalue weighted by Crippen LogP contribution is -2.38. The summed E-state index contributed by atoms with van der Waals surface area (Å²) in [6.45, 7) is 4.94. The Bertz CT molecular complexity index is 521. The van der Waals surface area contributed by atoms with E-state index in [2.05, 4.69) is 43.1 Å². The first kappa shape index (κ1) is 14.8. The average molecular weight is 272 g/mol. The molecule has 0 fully saturated rings. The van der Waals surface area contributed by atoms with Crippen molar-refractivity contribution in [3.63, 3.8) is 0 Å². The summed E-state index contributed by atoms with van der Waals surface area (Å²) in [7, 11) is 2.10. The van der Waals surface area contributed by atoms with Crippen LogP contribution in [0, 0.1) is 6.92 Å². The standard InChI is InChI=1S/C17H24N2O/c1-4-15(18)17(16-11-10-13(2)20-16)19(3)12-14-8-6-5-7-9-14/h5-11,15,17H,4,12,18H2,1-3H3. The highest BCUT2D eigenvalue weighted by Gasteiger charge is 2.25. The molecule has 0 spiro atoms. The topological polar surface area (TPSA) is 42.4 Å². The number of rotatable bonds is 6. The Hall–Kier alpha value is -1.58. The number of hydrogen-bond donors (Lipinski definition) is 1. The van der Waals surface area contributed by atoms with Gasteiger partial charge in [0.1, 0.15) is 11.5 Å². The number of aryl methyl sites for hydroxylation is 1. The lowest BCUT2D eigenvalue weighted by molar-refractivity contribution is 0.174. The van der Waals surface area contributed by atoms with Crippen LogP contribution in [0.25, 0.3) is 0 Å². The summed E-state index contributed by atoms with van der Waals surface area (Å²) in [4.78, 5) is 2.27. The van der Waals surface area contributed by atoms with Gasteiger partial charge in [0.15, 0.2) is 0 Å². The second-order valence-corrected chi connectivity index (χ2v) is 5.37. The van der Waals surface area contributed by atoms with Gasteiger partial charge in [-0.05, 0) is 38.1 Å². The van der Waals surface area contributed by atoms with E-state index in [-0.39, 0.29) is 12.1 Å². The van der Waals surface area contributed by atoms with Crippen LogP contribution in [-0.2, 0) is 6.54 Å². The fourth-order valence-corrected chi connectivity index (χ4v) is 2.56. The van der Waals surface area contributed by atoms with Gasteiger partial charge in [0.25, 0.3) is 0 Å². The molecule has 3 nitrogen and oxygen atoms in total. The monoisotopic (exact) mass is 272 g/mol. The third kappa shape index (κ3) is 3.50. The summed E-state index contributed by atoms with van der Waals surface area (Å²) < 4.78 is 5.81. The van der Waals surface area contributed by atoms with Crippen molar-refractivity contribution >= 4 is 0 Å². The Morgan fingerprint density at radius 1 is 1.15 bits per heavy atom. The second-order valence-electron chi connectivity index (χ2n) is 5.37. The van der Waals surface area contributed by atoms with Gasteiger partial charge in [0, 0.05) is 12.6 Å². The maximum absolute atomic E-state index is 6.31. The first-order valence-electron chi connectivity index (χ1n) is 7.18. The van der Waals surface area contributed by atoms with Gasteiger partial charge in [-0.15, -0.1) is 0 Å². The Morgan fingerprint density at radius 2 is 1.85 bits per heavy atom. The molecule has 0 saturated carbocycles. The van der Waals surface area contributed by atoms with Gasteiger partial charge in [-0.3, -0.25) is 4.90 Å². The molecule has 1 heterocycles. The first-order valence-corrected chi connectivity index (χ1v) is 7.18. The van der Waals surface area contributed by atoms with Crippen LogP contribution in [0.5, 0.6) is 0 Å². The number of nitrogens with two attached hydrogens (primary N) is 1. The Balaban J connectivity index is 2.18. The van der Waals surface area contributed by atoms with Crippen molar-refractivity contribution in [3.05, 3.63) is 59.5 Å². The highest BCUT2D eigenvalue weighted by molar-refractivity contribution is 5.16. The van der Waals surface area contributed by atoms with E-state index in [1.807, 2.05) is 25.1 Å². The highest BCUT2D eigenvalue weighted by Crippen LogP contribution is 2.27. The third-order valence-electron chi connectivity index (χ3n) is 3.68. The molecule has 0 saturated heterocycles. The van der Waals surface area contributed by atoms with E-state index in [1.54, 1.807) is 0 Å². The Labute approximate surface area is 121 Å². The SMILES string of the molecule is CCC(N)C(c1ccc(C)o1)N(C)Cc1ccccc1. The molecule has 2 N–H and O–H groups in total. The lowest BCUT2D eigenvalue weighted by atomic mass is 10.0. The minimum atomic E-state index is 0.0641. The molecule has 1 aromatic carbocycles. The van der Waals surface area contributed by atoms with Crippen molar-refractivity contribution in [2.75, 3.05) is 7.05 Å². The van der Waals surface area contributed by atoms with Crippen LogP contribution in [0.2, 0.25) is 0 Å². The summed E-state index contributed by atoms with van der Waals surface area (Å²) in [5.41, 5.74) is 7.60. The third-order valence-corrected chi connectivity index (χ3v) is 3.68. The molecule has 1 aromatic heterocycles. The number of furan rings is 1. The van der Waals surface area contributed by atoms with Crippen LogP contribution in [-0.4, -0.2) is 18.0 Å². The van der Waals surface area contributed by atoms with E-state index >= 15 is 0 Å². The number of hydrogen-bond acceptors (Lipinski definition) is 3. The van der Waals surface area contributed by atoms with Gasteiger partial charge in [-0.25, -0.2) is 0 Å². The van der Waals surface area contributed by atoms with Gasteiger partial charge >= 0.3 is 0 Å². The van der Waals surface area contributed by atoms with Gasteiger partial charge in [-0.2, -0.15) is 0 Å². The summed E-state index contributed by atoms with van der Waals surface area (Å²) in [6.07, 6.45) is 0.920. The van der Waals surface area contributed by atoms with E-state index in [0.717, 1.165) is 24.5 Å². The van der Waals surface area contributed by atoms with Crippen LogP contribution >= 0.6 is 0 Å². The van der Waals surface area contributed by atoms with E-state index in [0.29, 0.717) is 0 Å². The van der Waals surface area contributed by atoms with Crippen LogP contribution in [0.3, 0.4) is 0 Å². The van der Waals surface area contributed by atoms with Gasteiger partial charge < -0.3 is 10.2 Å². The highest BCUT2D eigenvalue weighted by atomic mass is 16.3. The molecule has 108 valence electrons. The number of nitrogens with zero attached hydrogens (tertiary/aromatic N) is 1. The van der Waals surface area contributed by atoms with E-state index < -0.39 is 0 Å². The predicted octanol–water partition coefficient (Wildman–Crippen LogP) is 3.50. The summed E-state index contributed by atoms with van der Waals surface area (Å²) in [5.74, 6) is 1.89. The largest absolute Gasteiger partial charge is 0.465 e. The molecule has 2 unspecified atom stereocenters. The molecule has 0 aliphatic heterocycles. The van der Waals surface area contributed by atoms with E-state index in [1.165, 1.54) is 5.56 Å². The van der Waals surface area contributed by atoms with Crippen molar-refractivity contribution in [2.45, 2.75) is 38.9 Å². The second kappa shape index (κ2) is 6.73. The van der Waals surface area contributed by atoms with Crippen molar-refractivity contribution in [1.82, 2.24) is 4.90 Å². The minimum Gasteiger partial charge on any atom is -0.465 e. The summed E-state index contributed by atoms with van der Waals surface area (Å²) in [6, 6.07) is 14.6. The molecular weight excluding hydrogens is 248 g/mol. The molecule has 0 aliphatic rings. The quantitative estimate of drug-likeness (QED) is 0.875. The van der Waals surface area contributed by atoms with E-state index in [4.69, 9.17) is 10.2 Å². The number of benzene rings is 1. The summed E-state index contributed by atoms with van der Waals surface area (Å²) >= 11 is 0. The molecule has 3 heteroatoms. The zero-order valence-electron chi connectivity index (χ0n) is 12.5. The fraction of sp³-hybridized carbons (Fsp3) is 0.412.